The maximum absolute atomic E-state index is 13.5. The number of pyridine rings is 2. The molecule has 0 saturated carbocycles. The highest BCUT2D eigenvalue weighted by molar-refractivity contribution is 6.35. The number of para-hydroxylation sites is 1. The standard InChI is InChI=1S/C25H19ClN4O2/c1-16(28-24(31)21-15-27-22-12-5-6-13-29(21)22)20-14-17-8-7-11-19(26)23(17)25(32)30(20)18-9-3-2-4-10-18/h2-16H,1H3,(H,28,31)/t16-/m0/s1. The van der Waals surface area contributed by atoms with E-state index >= 15 is 0 Å². The molecular formula is C25H19ClN4O2. The first kappa shape index (κ1) is 20.0. The molecule has 0 spiro atoms. The number of benzene rings is 2. The lowest BCUT2D eigenvalue weighted by Gasteiger charge is -2.21. The van der Waals surface area contributed by atoms with Gasteiger partial charge in [0.25, 0.3) is 11.5 Å². The number of carbonyl (C=O) groups is 1. The van der Waals surface area contributed by atoms with Crippen molar-refractivity contribution in [2.24, 2.45) is 0 Å². The predicted molar refractivity (Wildman–Crippen MR) is 126 cm³/mol. The van der Waals surface area contributed by atoms with Crippen LogP contribution in [-0.2, 0) is 0 Å². The summed E-state index contributed by atoms with van der Waals surface area (Å²) in [7, 11) is 0. The van der Waals surface area contributed by atoms with E-state index in [1.165, 1.54) is 0 Å². The molecular weight excluding hydrogens is 424 g/mol. The van der Waals surface area contributed by atoms with E-state index in [4.69, 9.17) is 11.6 Å². The lowest BCUT2D eigenvalue weighted by atomic mass is 10.1. The van der Waals surface area contributed by atoms with Crippen molar-refractivity contribution in [3.8, 4) is 5.69 Å². The summed E-state index contributed by atoms with van der Waals surface area (Å²) in [6, 6.07) is 21.7. The Bertz CT molecular complexity index is 1520. The summed E-state index contributed by atoms with van der Waals surface area (Å²) in [5.74, 6) is -0.283. The smallest absolute Gasteiger partial charge is 0.270 e. The highest BCUT2D eigenvalue weighted by Crippen LogP contribution is 2.25. The van der Waals surface area contributed by atoms with E-state index in [0.717, 1.165) is 5.39 Å². The number of imidazole rings is 1. The zero-order valence-corrected chi connectivity index (χ0v) is 18.0. The second-order valence-electron chi connectivity index (χ2n) is 7.52. The molecule has 6 nitrogen and oxygen atoms in total. The van der Waals surface area contributed by atoms with Crippen LogP contribution < -0.4 is 10.9 Å². The van der Waals surface area contributed by atoms with Gasteiger partial charge in [0.2, 0.25) is 0 Å². The van der Waals surface area contributed by atoms with E-state index in [1.54, 1.807) is 27.4 Å². The van der Waals surface area contributed by atoms with E-state index in [2.05, 4.69) is 10.3 Å². The predicted octanol–water partition coefficient (Wildman–Crippen LogP) is 4.78. The monoisotopic (exact) mass is 442 g/mol. The Labute approximate surface area is 188 Å². The zero-order chi connectivity index (χ0) is 22.2. The van der Waals surface area contributed by atoms with Crippen molar-refractivity contribution in [1.29, 1.82) is 0 Å². The number of rotatable bonds is 4. The van der Waals surface area contributed by atoms with Crippen molar-refractivity contribution >= 4 is 33.9 Å². The Morgan fingerprint density at radius 3 is 2.62 bits per heavy atom. The van der Waals surface area contributed by atoms with Crippen molar-refractivity contribution in [2.45, 2.75) is 13.0 Å². The molecule has 5 aromatic rings. The van der Waals surface area contributed by atoms with E-state index in [-0.39, 0.29) is 11.5 Å². The fourth-order valence-corrected chi connectivity index (χ4v) is 4.21. The third kappa shape index (κ3) is 3.35. The Morgan fingerprint density at radius 2 is 1.81 bits per heavy atom. The first-order valence-corrected chi connectivity index (χ1v) is 10.5. The van der Waals surface area contributed by atoms with Gasteiger partial charge in [-0.2, -0.15) is 0 Å². The number of halogens is 1. The quantitative estimate of drug-likeness (QED) is 0.435. The maximum Gasteiger partial charge on any atom is 0.270 e. The van der Waals surface area contributed by atoms with Gasteiger partial charge in [-0.05, 0) is 48.7 Å². The van der Waals surface area contributed by atoms with Crippen molar-refractivity contribution in [3.05, 3.63) is 112 Å². The number of fused-ring (bicyclic) bond motifs is 2. The average molecular weight is 443 g/mol. The molecule has 158 valence electrons. The summed E-state index contributed by atoms with van der Waals surface area (Å²) in [6.07, 6.45) is 3.33. The van der Waals surface area contributed by atoms with Gasteiger partial charge >= 0.3 is 0 Å². The Hall–Kier alpha value is -3.90. The molecule has 0 aliphatic heterocycles. The minimum absolute atomic E-state index is 0.231. The molecule has 3 aromatic heterocycles. The first-order chi connectivity index (χ1) is 15.5. The summed E-state index contributed by atoms with van der Waals surface area (Å²) in [4.78, 5) is 30.9. The first-order valence-electron chi connectivity index (χ1n) is 10.2. The molecule has 0 radical (unpaired) electrons. The molecule has 0 aliphatic rings. The normalized spacial score (nSPS) is 12.2. The van der Waals surface area contributed by atoms with Gasteiger partial charge in [-0.15, -0.1) is 0 Å². The van der Waals surface area contributed by atoms with Gasteiger partial charge in [0.1, 0.15) is 11.3 Å². The molecule has 5 rings (SSSR count). The number of nitrogens with zero attached hydrogens (tertiary/aromatic N) is 3. The minimum Gasteiger partial charge on any atom is -0.343 e. The fraction of sp³-hybridized carbons (Fsp3) is 0.0800. The molecule has 2 aromatic carbocycles. The van der Waals surface area contributed by atoms with Crippen LogP contribution in [-0.4, -0.2) is 19.9 Å². The van der Waals surface area contributed by atoms with Gasteiger partial charge in [-0.3, -0.25) is 18.6 Å². The summed E-state index contributed by atoms with van der Waals surface area (Å²) in [5.41, 5.74) is 2.23. The van der Waals surface area contributed by atoms with Crippen molar-refractivity contribution in [3.63, 3.8) is 0 Å². The third-order valence-corrected chi connectivity index (χ3v) is 5.79. The number of aromatic nitrogens is 3. The van der Waals surface area contributed by atoms with Crippen LogP contribution in [0, 0.1) is 0 Å². The zero-order valence-electron chi connectivity index (χ0n) is 17.2. The number of hydrogen-bond donors (Lipinski definition) is 1. The second kappa shape index (κ2) is 7.98. The third-order valence-electron chi connectivity index (χ3n) is 5.48. The van der Waals surface area contributed by atoms with Crippen LogP contribution in [0.15, 0.2) is 90.0 Å². The lowest BCUT2D eigenvalue weighted by molar-refractivity contribution is 0.0933. The van der Waals surface area contributed by atoms with Crippen molar-refractivity contribution < 1.29 is 4.79 Å². The molecule has 0 aliphatic carbocycles. The molecule has 0 bridgehead atoms. The molecule has 1 atom stereocenters. The van der Waals surface area contributed by atoms with E-state index in [9.17, 15) is 9.59 Å². The largest absolute Gasteiger partial charge is 0.343 e. The minimum atomic E-state index is -0.465. The lowest BCUT2D eigenvalue weighted by Crippen LogP contribution is -2.32. The van der Waals surface area contributed by atoms with Crippen LogP contribution in [0.5, 0.6) is 0 Å². The van der Waals surface area contributed by atoms with Gasteiger partial charge in [0.15, 0.2) is 0 Å². The topological polar surface area (TPSA) is 68.4 Å². The Balaban J connectivity index is 1.62. The molecule has 0 saturated heterocycles. The summed E-state index contributed by atoms with van der Waals surface area (Å²) in [6.45, 7) is 1.85. The van der Waals surface area contributed by atoms with E-state index < -0.39 is 6.04 Å². The van der Waals surface area contributed by atoms with Crippen LogP contribution >= 0.6 is 11.6 Å². The number of hydrogen-bond acceptors (Lipinski definition) is 3. The van der Waals surface area contributed by atoms with Gasteiger partial charge in [-0.25, -0.2) is 4.98 Å². The van der Waals surface area contributed by atoms with Crippen molar-refractivity contribution in [1.82, 2.24) is 19.3 Å². The number of carbonyl (C=O) groups excluding carboxylic acids is 1. The van der Waals surface area contributed by atoms with Gasteiger partial charge in [-0.1, -0.05) is 48.0 Å². The molecule has 32 heavy (non-hydrogen) atoms. The van der Waals surface area contributed by atoms with E-state index in [1.807, 2.05) is 73.7 Å². The van der Waals surface area contributed by atoms with Crippen LogP contribution in [0.1, 0.15) is 29.1 Å². The summed E-state index contributed by atoms with van der Waals surface area (Å²) >= 11 is 6.37. The Morgan fingerprint density at radius 1 is 1.03 bits per heavy atom. The SMILES string of the molecule is C[C@H](NC(=O)c1cnc2ccccn12)c1cc2cccc(Cl)c2c(=O)n1-c1ccccc1. The maximum atomic E-state index is 13.5. The summed E-state index contributed by atoms with van der Waals surface area (Å²) in [5, 5.41) is 4.58. The van der Waals surface area contributed by atoms with Crippen LogP contribution in [0.2, 0.25) is 5.02 Å². The highest BCUT2D eigenvalue weighted by atomic mass is 35.5. The van der Waals surface area contributed by atoms with Gasteiger partial charge < -0.3 is 5.32 Å². The molecule has 0 unspecified atom stereocenters. The molecule has 1 amide bonds. The van der Waals surface area contributed by atoms with E-state index in [0.29, 0.717) is 33.1 Å². The van der Waals surface area contributed by atoms with Crippen LogP contribution in [0.25, 0.3) is 22.1 Å². The molecule has 7 heteroatoms. The van der Waals surface area contributed by atoms with Crippen LogP contribution in [0.3, 0.4) is 0 Å². The van der Waals surface area contributed by atoms with Gasteiger partial charge in [0.05, 0.1) is 22.6 Å². The second-order valence-corrected chi connectivity index (χ2v) is 7.92. The van der Waals surface area contributed by atoms with Gasteiger partial charge in [0, 0.05) is 17.6 Å². The molecule has 1 N–H and O–H groups in total. The summed E-state index contributed by atoms with van der Waals surface area (Å²) < 4.78 is 3.33. The average Bonchev–Trinajstić information content (AvgIpc) is 3.24. The molecule has 0 fully saturated rings. The van der Waals surface area contributed by atoms with Crippen molar-refractivity contribution in [2.75, 3.05) is 0 Å². The number of nitrogens with one attached hydrogen (secondary N) is 1. The van der Waals surface area contributed by atoms with Crippen LogP contribution in [0.4, 0.5) is 0 Å². The fourth-order valence-electron chi connectivity index (χ4n) is 3.95. The Kier molecular flexibility index (Phi) is 4.99. The molecule has 3 heterocycles. The highest BCUT2D eigenvalue weighted by Gasteiger charge is 2.21. The number of amides is 1.